The summed E-state index contributed by atoms with van der Waals surface area (Å²) in [5.74, 6) is 0.562. The van der Waals surface area contributed by atoms with Crippen molar-refractivity contribution in [2.45, 2.75) is 39.5 Å². The van der Waals surface area contributed by atoms with Crippen LogP contribution in [0.5, 0.6) is 0 Å². The summed E-state index contributed by atoms with van der Waals surface area (Å²) in [6, 6.07) is 13.2. The maximum absolute atomic E-state index is 12.5. The molecule has 0 aliphatic rings. The van der Waals surface area contributed by atoms with E-state index in [-0.39, 0.29) is 5.91 Å². The molecule has 0 aliphatic carbocycles. The van der Waals surface area contributed by atoms with Crippen LogP contribution in [0, 0.1) is 0 Å². The monoisotopic (exact) mass is 296 g/mol. The fourth-order valence-electron chi connectivity index (χ4n) is 2.56. The van der Waals surface area contributed by atoms with Crippen LogP contribution in [0.1, 0.15) is 61.0 Å². The number of nitrogen functional groups attached to an aromatic ring is 1. The first-order valence-corrected chi connectivity index (χ1v) is 7.69. The second-order valence-electron chi connectivity index (χ2n) is 6.20. The van der Waals surface area contributed by atoms with Crippen LogP contribution in [0.3, 0.4) is 0 Å². The van der Waals surface area contributed by atoms with Crippen molar-refractivity contribution in [2.75, 3.05) is 11.1 Å². The first kappa shape index (κ1) is 16.1. The van der Waals surface area contributed by atoms with Gasteiger partial charge in [-0.1, -0.05) is 52.0 Å². The lowest BCUT2D eigenvalue weighted by atomic mass is 9.92. The third kappa shape index (κ3) is 3.48. The molecule has 0 spiro atoms. The lowest BCUT2D eigenvalue weighted by Gasteiger charge is -2.20. The van der Waals surface area contributed by atoms with E-state index in [0.29, 0.717) is 23.1 Å². The molecule has 116 valence electrons. The zero-order valence-electron chi connectivity index (χ0n) is 13.7. The van der Waals surface area contributed by atoms with E-state index >= 15 is 0 Å². The molecule has 0 heterocycles. The molecule has 22 heavy (non-hydrogen) atoms. The Morgan fingerprint density at radius 3 is 2.00 bits per heavy atom. The number of carbonyl (C=O) groups is 1. The molecule has 0 atom stereocenters. The van der Waals surface area contributed by atoms with Crippen molar-refractivity contribution in [3.05, 3.63) is 59.2 Å². The summed E-state index contributed by atoms with van der Waals surface area (Å²) >= 11 is 0. The van der Waals surface area contributed by atoms with Crippen LogP contribution < -0.4 is 11.1 Å². The Morgan fingerprint density at radius 1 is 0.955 bits per heavy atom. The van der Waals surface area contributed by atoms with Crippen LogP contribution in [0.2, 0.25) is 0 Å². The van der Waals surface area contributed by atoms with Crippen LogP contribution in [0.4, 0.5) is 11.4 Å². The Kier molecular flexibility index (Phi) is 4.86. The van der Waals surface area contributed by atoms with Gasteiger partial charge < -0.3 is 11.1 Å². The molecule has 0 aromatic heterocycles. The fraction of sp³-hybridized carbons (Fsp3) is 0.316. The number of nitrogens with one attached hydrogen (secondary N) is 1. The van der Waals surface area contributed by atoms with Crippen molar-refractivity contribution in [3.8, 4) is 0 Å². The van der Waals surface area contributed by atoms with Gasteiger partial charge in [0.2, 0.25) is 0 Å². The third-order valence-electron chi connectivity index (χ3n) is 3.76. The normalized spacial score (nSPS) is 11.0. The highest BCUT2D eigenvalue weighted by Gasteiger charge is 2.16. The first-order valence-electron chi connectivity index (χ1n) is 7.69. The molecule has 0 saturated carbocycles. The molecule has 3 heteroatoms. The SMILES string of the molecule is CC(C)c1cccc(C(C)C)c1NC(=O)c1cccc(N)c1. The molecular formula is C19H24N2O. The number of carbonyl (C=O) groups excluding carboxylic acids is 1. The molecule has 1 amide bonds. The second-order valence-corrected chi connectivity index (χ2v) is 6.20. The van der Waals surface area contributed by atoms with Gasteiger partial charge in [0.15, 0.2) is 0 Å². The third-order valence-corrected chi connectivity index (χ3v) is 3.76. The van der Waals surface area contributed by atoms with Gasteiger partial charge in [0.25, 0.3) is 5.91 Å². The minimum Gasteiger partial charge on any atom is -0.399 e. The predicted octanol–water partition coefficient (Wildman–Crippen LogP) is 4.77. The molecular weight excluding hydrogens is 272 g/mol. The largest absolute Gasteiger partial charge is 0.399 e. The maximum atomic E-state index is 12.5. The van der Waals surface area contributed by atoms with Gasteiger partial charge in [0, 0.05) is 16.9 Å². The van der Waals surface area contributed by atoms with Gasteiger partial charge in [-0.05, 0) is 41.2 Å². The number of rotatable bonds is 4. The van der Waals surface area contributed by atoms with Gasteiger partial charge in [-0.25, -0.2) is 0 Å². The molecule has 0 fully saturated rings. The van der Waals surface area contributed by atoms with E-state index in [1.54, 1.807) is 24.3 Å². The Balaban J connectivity index is 2.41. The average Bonchev–Trinajstić information content (AvgIpc) is 2.46. The number of benzene rings is 2. The van der Waals surface area contributed by atoms with Crippen LogP contribution in [0.25, 0.3) is 0 Å². The van der Waals surface area contributed by atoms with Crippen molar-refractivity contribution >= 4 is 17.3 Å². The molecule has 0 saturated heterocycles. The van der Waals surface area contributed by atoms with Crippen molar-refractivity contribution < 1.29 is 4.79 Å². The number of amides is 1. The first-order chi connectivity index (χ1) is 10.4. The van der Waals surface area contributed by atoms with Gasteiger partial charge in [-0.2, -0.15) is 0 Å². The van der Waals surface area contributed by atoms with Crippen molar-refractivity contribution in [1.82, 2.24) is 0 Å². The van der Waals surface area contributed by atoms with Gasteiger partial charge in [-0.3, -0.25) is 4.79 Å². The van der Waals surface area contributed by atoms with Gasteiger partial charge in [-0.15, -0.1) is 0 Å². The van der Waals surface area contributed by atoms with Gasteiger partial charge in [0.1, 0.15) is 0 Å². The molecule has 2 aromatic rings. The minimum absolute atomic E-state index is 0.123. The summed E-state index contributed by atoms with van der Waals surface area (Å²) in [5.41, 5.74) is 10.2. The van der Waals surface area contributed by atoms with Crippen LogP contribution in [0.15, 0.2) is 42.5 Å². The summed E-state index contributed by atoms with van der Waals surface area (Å²) in [6.07, 6.45) is 0. The van der Waals surface area contributed by atoms with E-state index < -0.39 is 0 Å². The van der Waals surface area contributed by atoms with Crippen LogP contribution >= 0.6 is 0 Å². The summed E-state index contributed by atoms with van der Waals surface area (Å²) in [5, 5.41) is 3.09. The van der Waals surface area contributed by atoms with Crippen LogP contribution in [-0.4, -0.2) is 5.91 Å². The number of para-hydroxylation sites is 1. The number of hydrogen-bond acceptors (Lipinski definition) is 2. The highest BCUT2D eigenvalue weighted by Crippen LogP contribution is 2.32. The second kappa shape index (κ2) is 6.65. The van der Waals surface area contributed by atoms with Crippen molar-refractivity contribution in [1.29, 1.82) is 0 Å². The van der Waals surface area contributed by atoms with Crippen molar-refractivity contribution in [3.63, 3.8) is 0 Å². The lowest BCUT2D eigenvalue weighted by Crippen LogP contribution is -2.16. The zero-order chi connectivity index (χ0) is 16.3. The zero-order valence-corrected chi connectivity index (χ0v) is 13.7. The van der Waals surface area contributed by atoms with Crippen LogP contribution in [-0.2, 0) is 0 Å². The Morgan fingerprint density at radius 2 is 1.50 bits per heavy atom. The highest BCUT2D eigenvalue weighted by atomic mass is 16.1. The molecule has 0 radical (unpaired) electrons. The quantitative estimate of drug-likeness (QED) is 0.799. The Labute approximate surface area is 132 Å². The number of anilines is 2. The smallest absolute Gasteiger partial charge is 0.255 e. The van der Waals surface area contributed by atoms with E-state index in [1.165, 1.54) is 0 Å². The van der Waals surface area contributed by atoms with Crippen molar-refractivity contribution in [2.24, 2.45) is 0 Å². The molecule has 0 aliphatic heterocycles. The molecule has 3 nitrogen and oxygen atoms in total. The summed E-state index contributed by atoms with van der Waals surface area (Å²) < 4.78 is 0. The molecule has 3 N–H and O–H groups in total. The summed E-state index contributed by atoms with van der Waals surface area (Å²) in [6.45, 7) is 8.54. The van der Waals surface area contributed by atoms with E-state index in [0.717, 1.165) is 16.8 Å². The lowest BCUT2D eigenvalue weighted by molar-refractivity contribution is 0.102. The van der Waals surface area contributed by atoms with E-state index in [2.05, 4.69) is 51.2 Å². The van der Waals surface area contributed by atoms with Gasteiger partial charge in [0.05, 0.1) is 0 Å². The standard InChI is InChI=1S/C19H24N2O/c1-12(2)16-9-6-10-17(13(3)4)18(16)21-19(22)14-7-5-8-15(20)11-14/h5-13H,20H2,1-4H3,(H,21,22). The highest BCUT2D eigenvalue weighted by molar-refractivity contribution is 6.05. The Hall–Kier alpha value is -2.29. The van der Waals surface area contributed by atoms with E-state index in [4.69, 9.17) is 5.73 Å². The van der Waals surface area contributed by atoms with E-state index in [9.17, 15) is 4.79 Å². The molecule has 0 bridgehead atoms. The molecule has 2 aromatic carbocycles. The average molecular weight is 296 g/mol. The maximum Gasteiger partial charge on any atom is 0.255 e. The summed E-state index contributed by atoms with van der Waals surface area (Å²) in [7, 11) is 0. The number of nitrogens with two attached hydrogens (primary N) is 1. The van der Waals surface area contributed by atoms with Gasteiger partial charge >= 0.3 is 0 Å². The topological polar surface area (TPSA) is 55.1 Å². The van der Waals surface area contributed by atoms with E-state index in [1.807, 2.05) is 0 Å². The minimum atomic E-state index is -0.123. The number of hydrogen-bond donors (Lipinski definition) is 2. The summed E-state index contributed by atoms with van der Waals surface area (Å²) in [4.78, 5) is 12.5. The fourth-order valence-corrected chi connectivity index (χ4v) is 2.56. The Bertz CT molecular complexity index is 649. The predicted molar refractivity (Wildman–Crippen MR) is 93.4 cm³/mol. The molecule has 2 rings (SSSR count). The molecule has 0 unspecified atom stereocenters.